The topological polar surface area (TPSA) is 98.2 Å². The van der Waals surface area contributed by atoms with Gasteiger partial charge >= 0.3 is 0 Å². The summed E-state index contributed by atoms with van der Waals surface area (Å²) in [6.07, 6.45) is 1.83. The first-order valence-electron chi connectivity index (χ1n) is 14.2. The third kappa shape index (κ3) is 6.44. The van der Waals surface area contributed by atoms with Crippen LogP contribution in [0.1, 0.15) is 23.5 Å². The number of para-hydroxylation sites is 2. The molecule has 0 saturated carbocycles. The molecule has 9 heteroatoms. The van der Waals surface area contributed by atoms with Gasteiger partial charge in [-0.15, -0.1) is 0 Å². The monoisotopic (exact) mass is 556 g/mol. The molecular formula is C32H36N4O5. The van der Waals surface area contributed by atoms with Crippen LogP contribution >= 0.6 is 0 Å². The smallest absolute Gasteiger partial charge is 0.238 e. The molecule has 1 aromatic heterocycles. The van der Waals surface area contributed by atoms with Gasteiger partial charge in [-0.2, -0.15) is 0 Å². The molecule has 9 nitrogen and oxygen atoms in total. The minimum Gasteiger partial charge on any atom is -0.490 e. The average Bonchev–Trinajstić information content (AvgIpc) is 3.01. The fraction of sp³-hybridized carbons (Fsp3) is 0.375. The van der Waals surface area contributed by atoms with Crippen molar-refractivity contribution in [3.05, 3.63) is 84.1 Å². The van der Waals surface area contributed by atoms with Gasteiger partial charge in [0.25, 0.3) is 0 Å². The summed E-state index contributed by atoms with van der Waals surface area (Å²) in [7, 11) is 1.73. The molecule has 4 aromatic rings. The highest BCUT2D eigenvalue weighted by Crippen LogP contribution is 2.34. The van der Waals surface area contributed by atoms with E-state index in [0.29, 0.717) is 37.9 Å². The van der Waals surface area contributed by atoms with E-state index in [9.17, 15) is 5.11 Å². The van der Waals surface area contributed by atoms with Crippen LogP contribution in [0.25, 0.3) is 11.0 Å². The lowest BCUT2D eigenvalue weighted by atomic mass is 9.85. The van der Waals surface area contributed by atoms with Gasteiger partial charge in [0.05, 0.1) is 48.3 Å². The lowest BCUT2D eigenvalue weighted by molar-refractivity contribution is -0.0328. The van der Waals surface area contributed by atoms with Gasteiger partial charge in [0.15, 0.2) is 0 Å². The zero-order chi connectivity index (χ0) is 28.0. The second-order valence-electron chi connectivity index (χ2n) is 10.5. The Morgan fingerprint density at radius 2 is 1.90 bits per heavy atom. The number of methoxy groups -OCH3 is 1. The van der Waals surface area contributed by atoms with Gasteiger partial charge in [0.1, 0.15) is 18.1 Å². The fourth-order valence-electron chi connectivity index (χ4n) is 5.59. The number of hydrogen-bond acceptors (Lipinski definition) is 9. The van der Waals surface area contributed by atoms with Crippen molar-refractivity contribution in [2.45, 2.75) is 31.2 Å². The number of nitrogens with zero attached hydrogens (tertiary/aromatic N) is 3. The number of ether oxygens (including phenoxy) is 4. The largest absolute Gasteiger partial charge is 0.490 e. The molecule has 2 aliphatic rings. The van der Waals surface area contributed by atoms with E-state index in [1.54, 1.807) is 13.3 Å². The Morgan fingerprint density at radius 3 is 2.76 bits per heavy atom. The van der Waals surface area contributed by atoms with Crippen LogP contribution in [0.5, 0.6) is 17.4 Å². The van der Waals surface area contributed by atoms with Crippen LogP contribution in [0, 0.1) is 0 Å². The van der Waals surface area contributed by atoms with Gasteiger partial charge in [-0.3, -0.25) is 0 Å². The van der Waals surface area contributed by atoms with E-state index < -0.39 is 6.10 Å². The zero-order valence-corrected chi connectivity index (χ0v) is 23.2. The maximum absolute atomic E-state index is 11.0. The van der Waals surface area contributed by atoms with Crippen molar-refractivity contribution in [3.63, 3.8) is 0 Å². The summed E-state index contributed by atoms with van der Waals surface area (Å²) >= 11 is 0. The van der Waals surface area contributed by atoms with Crippen molar-refractivity contribution in [2.75, 3.05) is 51.4 Å². The highest BCUT2D eigenvalue weighted by atomic mass is 16.5. The van der Waals surface area contributed by atoms with Gasteiger partial charge in [-0.1, -0.05) is 30.3 Å². The highest BCUT2D eigenvalue weighted by molar-refractivity contribution is 5.74. The molecule has 0 spiro atoms. The fourth-order valence-corrected chi connectivity index (χ4v) is 5.59. The first-order chi connectivity index (χ1) is 20.2. The number of β-amino-alcohol motifs (C(OH)–C–C–N with tert-alkyl or cyclic N) is 1. The average molecular weight is 557 g/mol. The van der Waals surface area contributed by atoms with E-state index in [1.807, 2.05) is 54.6 Å². The van der Waals surface area contributed by atoms with Crippen LogP contribution in [-0.4, -0.2) is 73.8 Å². The number of fused-ring (bicyclic) bond motifs is 2. The van der Waals surface area contributed by atoms with Crippen LogP contribution in [0.2, 0.25) is 0 Å². The Labute approximate surface area is 240 Å². The minimum absolute atomic E-state index is 0.169. The maximum Gasteiger partial charge on any atom is 0.238 e. The number of benzene rings is 3. The molecule has 0 amide bonds. The quantitative estimate of drug-likeness (QED) is 0.277. The molecule has 0 bridgehead atoms. The van der Waals surface area contributed by atoms with E-state index in [1.165, 1.54) is 0 Å². The second kappa shape index (κ2) is 12.8. The Bertz CT molecular complexity index is 1450. The summed E-state index contributed by atoms with van der Waals surface area (Å²) in [4.78, 5) is 11.3. The molecule has 3 heterocycles. The van der Waals surface area contributed by atoms with E-state index >= 15 is 0 Å². The SMILES string of the molecule is COCCCN1CCOc2ccc(COC3CNC[C@@H](O)[C@@H]3c3ccc(Oc4cnc5ccccc5n4)cc3)cc21. The Balaban J connectivity index is 1.12. The first kappa shape index (κ1) is 27.4. The summed E-state index contributed by atoms with van der Waals surface area (Å²) in [5, 5.41) is 14.3. The molecule has 1 saturated heterocycles. The van der Waals surface area contributed by atoms with Gasteiger partial charge in [-0.25, -0.2) is 9.97 Å². The molecule has 3 aromatic carbocycles. The number of aliphatic hydroxyl groups is 1. The number of aliphatic hydroxyl groups excluding tert-OH is 1. The summed E-state index contributed by atoms with van der Waals surface area (Å²) in [5.41, 5.74) is 4.78. The molecule has 6 rings (SSSR count). The van der Waals surface area contributed by atoms with Crippen LogP contribution in [0.4, 0.5) is 5.69 Å². The highest BCUT2D eigenvalue weighted by Gasteiger charge is 2.34. The summed E-state index contributed by atoms with van der Waals surface area (Å²) in [6, 6.07) is 21.7. The van der Waals surface area contributed by atoms with Crippen molar-refractivity contribution in [1.29, 1.82) is 0 Å². The third-order valence-corrected chi connectivity index (χ3v) is 7.65. The zero-order valence-electron chi connectivity index (χ0n) is 23.2. The van der Waals surface area contributed by atoms with E-state index in [4.69, 9.17) is 18.9 Å². The van der Waals surface area contributed by atoms with Crippen LogP contribution in [0.15, 0.2) is 72.9 Å². The van der Waals surface area contributed by atoms with Crippen molar-refractivity contribution < 1.29 is 24.1 Å². The second-order valence-corrected chi connectivity index (χ2v) is 10.5. The van der Waals surface area contributed by atoms with Gasteiger partial charge in [-0.05, 0) is 53.9 Å². The van der Waals surface area contributed by atoms with E-state index in [0.717, 1.165) is 59.7 Å². The van der Waals surface area contributed by atoms with Gasteiger partial charge in [0, 0.05) is 39.3 Å². The molecule has 2 N–H and O–H groups in total. The number of aromatic nitrogens is 2. The molecule has 0 aliphatic carbocycles. The predicted octanol–water partition coefficient (Wildman–Crippen LogP) is 4.29. The molecule has 3 atom stereocenters. The molecule has 1 unspecified atom stereocenters. The maximum atomic E-state index is 11.0. The minimum atomic E-state index is -0.569. The van der Waals surface area contributed by atoms with E-state index in [-0.39, 0.29) is 12.0 Å². The van der Waals surface area contributed by atoms with Crippen LogP contribution in [-0.2, 0) is 16.1 Å². The summed E-state index contributed by atoms with van der Waals surface area (Å²) in [5.74, 6) is 1.83. The number of nitrogens with one attached hydrogen (secondary N) is 1. The van der Waals surface area contributed by atoms with Gasteiger partial charge < -0.3 is 34.3 Å². The molecular weight excluding hydrogens is 520 g/mol. The van der Waals surface area contributed by atoms with Crippen LogP contribution < -0.4 is 19.7 Å². The first-order valence-corrected chi connectivity index (χ1v) is 14.2. The van der Waals surface area contributed by atoms with Crippen LogP contribution in [0.3, 0.4) is 0 Å². The lowest BCUT2D eigenvalue weighted by Gasteiger charge is -2.36. The molecule has 2 aliphatic heterocycles. The summed E-state index contributed by atoms with van der Waals surface area (Å²) in [6.45, 7) is 4.81. The van der Waals surface area contributed by atoms with Crippen molar-refractivity contribution in [2.24, 2.45) is 0 Å². The van der Waals surface area contributed by atoms with E-state index in [2.05, 4.69) is 32.3 Å². The van der Waals surface area contributed by atoms with Crippen molar-refractivity contribution in [3.8, 4) is 17.4 Å². The predicted molar refractivity (Wildman–Crippen MR) is 157 cm³/mol. The van der Waals surface area contributed by atoms with Gasteiger partial charge in [0.2, 0.25) is 5.88 Å². The number of piperidine rings is 1. The third-order valence-electron chi connectivity index (χ3n) is 7.65. The number of rotatable bonds is 10. The van der Waals surface area contributed by atoms with Crippen molar-refractivity contribution in [1.82, 2.24) is 15.3 Å². The molecule has 214 valence electrons. The molecule has 1 fully saturated rings. The Hall–Kier alpha value is -3.76. The Morgan fingerprint density at radius 1 is 1.05 bits per heavy atom. The molecule has 41 heavy (non-hydrogen) atoms. The normalized spacial score (nSPS) is 20.4. The number of anilines is 1. The lowest BCUT2D eigenvalue weighted by Crippen LogP contribution is -2.49. The molecule has 0 radical (unpaired) electrons. The Kier molecular flexibility index (Phi) is 8.57. The van der Waals surface area contributed by atoms with Crippen molar-refractivity contribution >= 4 is 16.7 Å². The summed E-state index contributed by atoms with van der Waals surface area (Å²) < 4.78 is 23.5. The standard InChI is InChI=1S/C32H36N4O5/c1-38-15-4-13-36-14-16-39-29-12-7-22(17-27(29)36)21-40-30-19-33-18-28(37)32(30)23-8-10-24(11-9-23)41-31-20-34-25-5-2-3-6-26(25)35-31/h2-3,5-12,17,20,28,30,32-33,37H,4,13-16,18-19,21H2,1H3/t28-,30?,32+/m1/s1. The number of hydrogen-bond donors (Lipinski definition) is 2.